The molecule has 9 heteroatoms. The van der Waals surface area contributed by atoms with Crippen LogP contribution in [0.2, 0.25) is 0 Å². The lowest BCUT2D eigenvalue weighted by molar-refractivity contribution is -0.116. The first kappa shape index (κ1) is 27.6. The Hall–Kier alpha value is -2.40. The molecule has 0 aliphatic heterocycles. The van der Waals surface area contributed by atoms with Gasteiger partial charge in [0, 0.05) is 44.9 Å². The third-order valence-electron chi connectivity index (χ3n) is 4.41. The van der Waals surface area contributed by atoms with Crippen LogP contribution in [0.5, 0.6) is 5.75 Å². The smallest absolute Gasteiger partial charge is 0.227 e. The van der Waals surface area contributed by atoms with Gasteiger partial charge in [-0.3, -0.25) is 9.79 Å². The van der Waals surface area contributed by atoms with Gasteiger partial charge in [0.25, 0.3) is 0 Å². The molecule has 0 aliphatic carbocycles. The minimum atomic E-state index is -0.108. The Bertz CT molecular complexity index is 859. The topological polar surface area (TPSA) is 96.9 Å². The Morgan fingerprint density at radius 1 is 1.09 bits per heavy atom. The second kappa shape index (κ2) is 15.4. The Morgan fingerprint density at radius 3 is 2.56 bits per heavy atom. The van der Waals surface area contributed by atoms with E-state index in [-0.39, 0.29) is 29.9 Å². The van der Waals surface area contributed by atoms with Crippen molar-refractivity contribution in [3.05, 3.63) is 53.2 Å². The maximum absolute atomic E-state index is 12.1. The number of ether oxygens (including phenoxy) is 2. The number of nitrogens with one attached hydrogen (secondary N) is 3. The summed E-state index contributed by atoms with van der Waals surface area (Å²) in [6.07, 6.45) is 2.02. The molecule has 1 aromatic carbocycles. The molecule has 2 aromatic rings. The number of carbonyl (C=O) groups excluding carboxylic acids is 1. The molecule has 8 nitrogen and oxygen atoms in total. The van der Waals surface area contributed by atoms with Crippen molar-refractivity contribution in [3.63, 3.8) is 0 Å². The molecule has 0 spiro atoms. The molecule has 0 fully saturated rings. The van der Waals surface area contributed by atoms with Crippen molar-refractivity contribution < 1.29 is 14.3 Å². The fourth-order valence-corrected chi connectivity index (χ4v) is 2.74. The summed E-state index contributed by atoms with van der Waals surface area (Å²) in [6, 6.07) is 9.80. The summed E-state index contributed by atoms with van der Waals surface area (Å²) >= 11 is 0. The lowest BCUT2D eigenvalue weighted by Gasteiger charge is -2.15. The Balaban J connectivity index is 0.00000512. The Labute approximate surface area is 207 Å². The third kappa shape index (κ3) is 10.3. The molecule has 0 bridgehead atoms. The lowest BCUT2D eigenvalue weighted by Crippen LogP contribution is -2.38. The molecule has 0 atom stereocenters. The van der Waals surface area contributed by atoms with Gasteiger partial charge in [0.05, 0.1) is 6.61 Å². The number of carbonyl (C=O) groups is 1. The van der Waals surface area contributed by atoms with Gasteiger partial charge in [-0.15, -0.1) is 24.0 Å². The third-order valence-corrected chi connectivity index (χ3v) is 4.41. The second-order valence-electron chi connectivity index (χ2n) is 7.03. The van der Waals surface area contributed by atoms with Gasteiger partial charge < -0.3 is 25.4 Å². The molecule has 1 aromatic heterocycles. The molecular weight excluding hydrogens is 521 g/mol. The highest BCUT2D eigenvalue weighted by Crippen LogP contribution is 2.20. The van der Waals surface area contributed by atoms with E-state index in [1.165, 1.54) is 0 Å². The SMILES string of the molecule is CCOCCOc1cc(C)ccc1CNC(=NC)NCCC(=O)Nc1ccc(C)cn1.I. The van der Waals surface area contributed by atoms with Gasteiger partial charge in [-0.05, 0) is 44.0 Å². The predicted molar refractivity (Wildman–Crippen MR) is 139 cm³/mol. The molecule has 3 N–H and O–H groups in total. The number of benzene rings is 1. The first-order valence-corrected chi connectivity index (χ1v) is 10.5. The molecule has 1 amide bonds. The minimum absolute atomic E-state index is 0. The molecule has 0 saturated carbocycles. The highest BCUT2D eigenvalue weighted by Gasteiger charge is 2.07. The van der Waals surface area contributed by atoms with Crippen molar-refractivity contribution in [3.8, 4) is 5.75 Å². The number of hydrogen-bond donors (Lipinski definition) is 3. The quantitative estimate of drug-likeness (QED) is 0.170. The van der Waals surface area contributed by atoms with Crippen molar-refractivity contribution in [2.45, 2.75) is 33.7 Å². The number of hydrogen-bond acceptors (Lipinski definition) is 5. The fraction of sp³-hybridized carbons (Fsp3) is 0.435. The van der Waals surface area contributed by atoms with Crippen LogP contribution in [0.25, 0.3) is 0 Å². The van der Waals surface area contributed by atoms with Crippen LogP contribution in [0.3, 0.4) is 0 Å². The fourth-order valence-electron chi connectivity index (χ4n) is 2.74. The minimum Gasteiger partial charge on any atom is -0.491 e. The first-order chi connectivity index (χ1) is 15.0. The maximum Gasteiger partial charge on any atom is 0.227 e. The number of pyridine rings is 1. The maximum atomic E-state index is 12.1. The average Bonchev–Trinajstić information content (AvgIpc) is 2.76. The van der Waals surface area contributed by atoms with E-state index in [0.29, 0.717) is 51.1 Å². The average molecular weight is 555 g/mol. The zero-order chi connectivity index (χ0) is 22.5. The van der Waals surface area contributed by atoms with Gasteiger partial charge >= 0.3 is 0 Å². The van der Waals surface area contributed by atoms with E-state index in [1.54, 1.807) is 19.3 Å². The van der Waals surface area contributed by atoms with Crippen LogP contribution in [-0.2, 0) is 16.1 Å². The van der Waals surface area contributed by atoms with Crippen LogP contribution in [0.15, 0.2) is 41.5 Å². The number of halogens is 1. The normalized spacial score (nSPS) is 10.8. The summed E-state index contributed by atoms with van der Waals surface area (Å²) in [5.41, 5.74) is 3.20. The summed E-state index contributed by atoms with van der Waals surface area (Å²) in [7, 11) is 1.69. The van der Waals surface area contributed by atoms with Crippen LogP contribution in [0.1, 0.15) is 30.0 Å². The summed E-state index contributed by atoms with van der Waals surface area (Å²) < 4.78 is 11.2. The van der Waals surface area contributed by atoms with Crippen molar-refractivity contribution in [1.82, 2.24) is 15.6 Å². The van der Waals surface area contributed by atoms with Gasteiger partial charge in [-0.1, -0.05) is 18.2 Å². The van der Waals surface area contributed by atoms with Gasteiger partial charge in [0.2, 0.25) is 5.91 Å². The number of anilines is 1. The summed E-state index contributed by atoms with van der Waals surface area (Å²) in [6.45, 7) is 8.67. The number of aliphatic imine (C=N–C) groups is 1. The van der Waals surface area contributed by atoms with Crippen molar-refractivity contribution in [1.29, 1.82) is 0 Å². The molecule has 32 heavy (non-hydrogen) atoms. The zero-order valence-electron chi connectivity index (χ0n) is 19.2. The predicted octanol–water partition coefficient (Wildman–Crippen LogP) is 3.43. The van der Waals surface area contributed by atoms with Gasteiger partial charge in [-0.2, -0.15) is 0 Å². The van der Waals surface area contributed by atoms with Crippen LogP contribution < -0.4 is 20.7 Å². The van der Waals surface area contributed by atoms with E-state index < -0.39 is 0 Å². The van der Waals surface area contributed by atoms with E-state index in [2.05, 4.69) is 25.9 Å². The Kier molecular flexibility index (Phi) is 13.3. The van der Waals surface area contributed by atoms with E-state index in [9.17, 15) is 4.79 Å². The number of amides is 1. The number of aryl methyl sites for hydroxylation is 2. The summed E-state index contributed by atoms with van der Waals surface area (Å²) in [5.74, 6) is 1.88. The molecule has 1 heterocycles. The highest BCUT2D eigenvalue weighted by atomic mass is 127. The molecule has 176 valence electrons. The molecule has 0 radical (unpaired) electrons. The number of nitrogens with zero attached hydrogens (tertiary/aromatic N) is 2. The van der Waals surface area contributed by atoms with Gasteiger partial charge in [0.1, 0.15) is 18.2 Å². The standard InChI is InChI=1S/C23H33N5O3.HI/c1-5-30-12-13-31-20-14-17(2)6-8-19(20)16-27-23(24-4)25-11-10-22(29)28-21-9-7-18(3)15-26-21;/h6-9,14-15H,5,10-13,16H2,1-4H3,(H2,24,25,27)(H,26,28,29);1H. The molecule has 0 saturated heterocycles. The van der Waals surface area contributed by atoms with Crippen molar-refractivity contribution >= 4 is 41.7 Å². The lowest BCUT2D eigenvalue weighted by atomic mass is 10.1. The molecule has 2 rings (SSSR count). The van der Waals surface area contributed by atoms with Crippen LogP contribution in [0.4, 0.5) is 5.82 Å². The number of rotatable bonds is 11. The largest absolute Gasteiger partial charge is 0.491 e. The van der Waals surface area contributed by atoms with Crippen LogP contribution in [0, 0.1) is 13.8 Å². The van der Waals surface area contributed by atoms with Crippen molar-refractivity contribution in [2.75, 3.05) is 38.7 Å². The van der Waals surface area contributed by atoms with E-state index in [1.807, 2.05) is 45.0 Å². The molecule has 0 aliphatic rings. The van der Waals surface area contributed by atoms with E-state index in [0.717, 1.165) is 22.4 Å². The summed E-state index contributed by atoms with van der Waals surface area (Å²) in [4.78, 5) is 20.5. The second-order valence-corrected chi connectivity index (χ2v) is 7.03. The zero-order valence-corrected chi connectivity index (χ0v) is 21.6. The highest BCUT2D eigenvalue weighted by molar-refractivity contribution is 14.0. The van der Waals surface area contributed by atoms with Gasteiger partial charge in [-0.25, -0.2) is 4.98 Å². The van der Waals surface area contributed by atoms with E-state index in [4.69, 9.17) is 9.47 Å². The van der Waals surface area contributed by atoms with Gasteiger partial charge in [0.15, 0.2) is 5.96 Å². The number of guanidine groups is 1. The molecule has 0 unspecified atom stereocenters. The van der Waals surface area contributed by atoms with Crippen LogP contribution >= 0.6 is 24.0 Å². The molecular formula is C23H34IN5O3. The van der Waals surface area contributed by atoms with Crippen LogP contribution in [-0.4, -0.2) is 50.3 Å². The summed E-state index contributed by atoms with van der Waals surface area (Å²) in [5, 5.41) is 9.20. The Morgan fingerprint density at radius 2 is 1.88 bits per heavy atom. The first-order valence-electron chi connectivity index (χ1n) is 10.5. The van der Waals surface area contributed by atoms with Crippen molar-refractivity contribution in [2.24, 2.45) is 4.99 Å². The monoisotopic (exact) mass is 555 g/mol. The number of aromatic nitrogens is 1. The van der Waals surface area contributed by atoms with E-state index >= 15 is 0 Å².